The number of benzene rings is 5. The molecule has 0 saturated carbocycles. The van der Waals surface area contributed by atoms with Gasteiger partial charge in [-0.1, -0.05) is 18.2 Å². The Morgan fingerprint density at radius 3 is 1.40 bits per heavy atom. The molecular formula is C29H24N4O10S2. The molecule has 45 heavy (non-hydrogen) atoms. The first-order valence-corrected chi connectivity index (χ1v) is 15.7. The lowest BCUT2D eigenvalue weighted by Gasteiger charge is -2.14. The van der Waals surface area contributed by atoms with Crippen molar-refractivity contribution in [3.63, 3.8) is 0 Å². The van der Waals surface area contributed by atoms with Gasteiger partial charge in [0.15, 0.2) is 0 Å². The maximum absolute atomic E-state index is 12.8. The molecule has 0 aliphatic rings. The SMILES string of the molecule is Cc1ccc(NC(=O)Nc2ccc3cc(S(=O)(=O)O)cc(O)c3c2)cc1NC(=O)Nc1ccc2cc(S(=O)(=O)O)cc(O)c2c1. The van der Waals surface area contributed by atoms with E-state index in [2.05, 4.69) is 21.3 Å². The molecule has 0 aliphatic heterocycles. The average Bonchev–Trinajstić information content (AvgIpc) is 2.94. The van der Waals surface area contributed by atoms with Crippen LogP contribution in [-0.4, -0.2) is 48.2 Å². The zero-order valence-electron chi connectivity index (χ0n) is 23.1. The van der Waals surface area contributed by atoms with Crippen molar-refractivity contribution in [3.8, 4) is 11.5 Å². The largest absolute Gasteiger partial charge is 0.507 e. The molecule has 5 aromatic carbocycles. The van der Waals surface area contributed by atoms with Crippen LogP contribution in [0.5, 0.6) is 11.5 Å². The molecule has 0 atom stereocenters. The second-order valence-electron chi connectivity index (χ2n) is 9.89. The number of phenols is 2. The van der Waals surface area contributed by atoms with E-state index >= 15 is 0 Å². The smallest absolute Gasteiger partial charge is 0.323 e. The van der Waals surface area contributed by atoms with E-state index < -0.39 is 53.6 Å². The minimum Gasteiger partial charge on any atom is -0.507 e. The molecule has 8 N–H and O–H groups in total. The minimum absolute atomic E-state index is 0.234. The molecule has 0 aromatic heterocycles. The normalized spacial score (nSPS) is 11.7. The summed E-state index contributed by atoms with van der Waals surface area (Å²) in [6.45, 7) is 1.73. The van der Waals surface area contributed by atoms with E-state index in [-0.39, 0.29) is 22.1 Å². The summed E-state index contributed by atoms with van der Waals surface area (Å²) in [5, 5.41) is 32.1. The lowest BCUT2D eigenvalue weighted by molar-refractivity contribution is 0.261. The van der Waals surface area contributed by atoms with E-state index in [1.54, 1.807) is 19.1 Å². The van der Waals surface area contributed by atoms with Crippen LogP contribution >= 0.6 is 0 Å². The summed E-state index contributed by atoms with van der Waals surface area (Å²) in [6, 6.07) is 16.3. The standard InChI is InChI=1S/C29H24N4O10S2/c1-15-2-5-20(32-28(36)30-18-6-3-16-8-21(44(38,39)40)13-26(34)23(16)10-18)12-25(15)33-29(37)31-19-7-4-17-9-22(45(41,42)43)14-27(35)24(17)11-19/h2-14,34-35H,1H3,(H2,30,32,36)(H2,31,33,37)(H,38,39,40)(H,41,42,43). The number of nitrogens with one attached hydrogen (secondary N) is 4. The highest BCUT2D eigenvalue weighted by atomic mass is 32.2. The number of carbonyl (C=O) groups excluding carboxylic acids is 2. The number of amides is 4. The number of aromatic hydroxyl groups is 2. The van der Waals surface area contributed by atoms with Gasteiger partial charge in [-0.05, 0) is 71.8 Å². The molecule has 0 fully saturated rings. The molecule has 0 aliphatic carbocycles. The number of hydrogen-bond acceptors (Lipinski definition) is 8. The third-order valence-electron chi connectivity index (χ3n) is 6.67. The van der Waals surface area contributed by atoms with Crippen LogP contribution in [0.15, 0.2) is 88.7 Å². The summed E-state index contributed by atoms with van der Waals surface area (Å²) in [6.07, 6.45) is 0. The molecule has 5 rings (SSSR count). The summed E-state index contributed by atoms with van der Waals surface area (Å²) in [7, 11) is -9.06. The zero-order chi connectivity index (χ0) is 32.7. The molecule has 232 valence electrons. The van der Waals surface area contributed by atoms with Crippen LogP contribution < -0.4 is 21.3 Å². The second-order valence-corrected chi connectivity index (χ2v) is 12.7. The third-order valence-corrected chi connectivity index (χ3v) is 8.33. The Bertz CT molecular complexity index is 2260. The average molecular weight is 653 g/mol. The van der Waals surface area contributed by atoms with Gasteiger partial charge in [0.2, 0.25) is 0 Å². The van der Waals surface area contributed by atoms with Crippen molar-refractivity contribution >= 4 is 76.6 Å². The van der Waals surface area contributed by atoms with E-state index in [9.17, 15) is 45.7 Å². The van der Waals surface area contributed by atoms with Gasteiger partial charge in [-0.15, -0.1) is 0 Å². The van der Waals surface area contributed by atoms with Crippen LogP contribution in [0.3, 0.4) is 0 Å². The summed E-state index contributed by atoms with van der Waals surface area (Å²) >= 11 is 0. The lowest BCUT2D eigenvalue weighted by atomic mass is 10.1. The Balaban J connectivity index is 1.26. The van der Waals surface area contributed by atoms with Crippen LogP contribution in [0.4, 0.5) is 32.3 Å². The van der Waals surface area contributed by atoms with Crippen molar-refractivity contribution in [1.29, 1.82) is 0 Å². The minimum atomic E-state index is -4.53. The molecular weight excluding hydrogens is 628 g/mol. The molecule has 0 saturated heterocycles. The van der Waals surface area contributed by atoms with Gasteiger partial charge in [-0.3, -0.25) is 9.11 Å². The van der Waals surface area contributed by atoms with E-state index in [1.807, 2.05) is 0 Å². The Labute approximate surface area is 255 Å². The number of aryl methyl sites for hydroxylation is 1. The van der Waals surface area contributed by atoms with Crippen LogP contribution in [0.25, 0.3) is 21.5 Å². The molecule has 14 nitrogen and oxygen atoms in total. The Morgan fingerprint density at radius 1 is 0.556 bits per heavy atom. The Morgan fingerprint density at radius 2 is 0.956 bits per heavy atom. The number of urea groups is 2. The molecule has 4 amide bonds. The van der Waals surface area contributed by atoms with Gasteiger partial charge in [0.25, 0.3) is 20.2 Å². The highest BCUT2D eigenvalue weighted by Crippen LogP contribution is 2.32. The highest BCUT2D eigenvalue weighted by molar-refractivity contribution is 7.86. The number of anilines is 4. The summed E-state index contributed by atoms with van der Waals surface area (Å²) < 4.78 is 64.2. The molecule has 0 unspecified atom stereocenters. The van der Waals surface area contributed by atoms with Gasteiger partial charge in [0, 0.05) is 45.7 Å². The van der Waals surface area contributed by atoms with Crippen molar-refractivity contribution in [2.24, 2.45) is 0 Å². The first-order chi connectivity index (χ1) is 21.1. The molecule has 0 heterocycles. The number of hydrogen-bond donors (Lipinski definition) is 8. The molecule has 0 radical (unpaired) electrons. The Hall–Kier alpha value is -5.42. The van der Waals surface area contributed by atoms with Crippen LogP contribution in [-0.2, 0) is 20.2 Å². The van der Waals surface area contributed by atoms with Crippen molar-refractivity contribution in [2.45, 2.75) is 16.7 Å². The maximum atomic E-state index is 12.8. The first kappa shape index (κ1) is 31.0. The fourth-order valence-electron chi connectivity index (χ4n) is 4.49. The van der Waals surface area contributed by atoms with Crippen molar-refractivity contribution in [3.05, 3.63) is 84.4 Å². The van der Waals surface area contributed by atoms with Crippen LogP contribution in [0.1, 0.15) is 5.56 Å². The van der Waals surface area contributed by atoms with Gasteiger partial charge in [-0.25, -0.2) is 9.59 Å². The maximum Gasteiger partial charge on any atom is 0.323 e. The van der Waals surface area contributed by atoms with Crippen molar-refractivity contribution in [2.75, 3.05) is 21.3 Å². The number of fused-ring (bicyclic) bond motifs is 2. The van der Waals surface area contributed by atoms with Crippen LogP contribution in [0.2, 0.25) is 0 Å². The molecule has 5 aromatic rings. The number of rotatable bonds is 6. The second kappa shape index (κ2) is 11.6. The van der Waals surface area contributed by atoms with Gasteiger partial charge < -0.3 is 31.5 Å². The quantitative estimate of drug-likeness (QED) is 0.107. The third kappa shape index (κ3) is 7.05. The van der Waals surface area contributed by atoms with E-state index in [1.165, 1.54) is 54.6 Å². The fraction of sp³-hybridized carbons (Fsp3) is 0.0345. The zero-order valence-corrected chi connectivity index (χ0v) is 24.7. The monoisotopic (exact) mass is 652 g/mol. The lowest BCUT2D eigenvalue weighted by Crippen LogP contribution is -2.21. The first-order valence-electron chi connectivity index (χ1n) is 12.8. The van der Waals surface area contributed by atoms with Crippen LogP contribution in [0, 0.1) is 6.92 Å². The number of carbonyl (C=O) groups is 2. The Kier molecular flexibility index (Phi) is 7.99. The van der Waals surface area contributed by atoms with Gasteiger partial charge >= 0.3 is 12.1 Å². The van der Waals surface area contributed by atoms with E-state index in [4.69, 9.17) is 0 Å². The topological polar surface area (TPSA) is 231 Å². The fourth-order valence-corrected chi connectivity index (χ4v) is 5.56. The summed E-state index contributed by atoms with van der Waals surface area (Å²) in [5.41, 5.74) is 1.89. The molecule has 0 spiro atoms. The molecule has 16 heteroatoms. The molecule has 0 bridgehead atoms. The van der Waals surface area contributed by atoms with Crippen molar-refractivity contribution in [1.82, 2.24) is 0 Å². The predicted octanol–water partition coefficient (Wildman–Crippen LogP) is 5.49. The summed E-state index contributed by atoms with van der Waals surface area (Å²) in [4.78, 5) is 24.5. The van der Waals surface area contributed by atoms with Gasteiger partial charge in [-0.2, -0.15) is 16.8 Å². The predicted molar refractivity (Wildman–Crippen MR) is 167 cm³/mol. The van der Waals surface area contributed by atoms with E-state index in [0.29, 0.717) is 27.7 Å². The van der Waals surface area contributed by atoms with Gasteiger partial charge in [0.1, 0.15) is 11.5 Å². The van der Waals surface area contributed by atoms with Crippen molar-refractivity contribution < 1.29 is 45.7 Å². The highest BCUT2D eigenvalue weighted by Gasteiger charge is 2.16. The number of phenolic OH excluding ortho intramolecular Hbond substituents is 2. The van der Waals surface area contributed by atoms with E-state index in [0.717, 1.165) is 12.1 Å². The summed E-state index contributed by atoms with van der Waals surface area (Å²) in [5.74, 6) is -0.827. The van der Waals surface area contributed by atoms with Gasteiger partial charge in [0.05, 0.1) is 9.79 Å².